The van der Waals surface area contributed by atoms with Gasteiger partial charge >= 0.3 is 0 Å². The Morgan fingerprint density at radius 2 is 2.18 bits per heavy atom. The van der Waals surface area contributed by atoms with Gasteiger partial charge in [-0.1, -0.05) is 0 Å². The zero-order chi connectivity index (χ0) is 12.6. The van der Waals surface area contributed by atoms with Crippen LogP contribution in [0.3, 0.4) is 0 Å². The lowest BCUT2D eigenvalue weighted by molar-refractivity contribution is 0.282. The first kappa shape index (κ1) is 12.3. The van der Waals surface area contributed by atoms with Crippen LogP contribution in [0, 0.1) is 5.82 Å². The molecule has 1 heterocycles. The molecular weight excluding hydrogens is 245 g/mol. The zero-order valence-electron chi connectivity index (χ0n) is 9.35. The van der Waals surface area contributed by atoms with E-state index < -0.39 is 20.9 Å². The average Bonchev–Trinajstić information content (AvgIpc) is 2.23. The van der Waals surface area contributed by atoms with Crippen molar-refractivity contribution < 1.29 is 17.9 Å². The van der Waals surface area contributed by atoms with Crippen molar-refractivity contribution in [3.05, 3.63) is 24.0 Å². The van der Waals surface area contributed by atoms with Gasteiger partial charge < -0.3 is 10.4 Å². The Bertz CT molecular complexity index is 530. The molecule has 17 heavy (non-hydrogen) atoms. The highest BCUT2D eigenvalue weighted by Gasteiger charge is 2.38. The van der Waals surface area contributed by atoms with Gasteiger partial charge in [0.25, 0.3) is 0 Å². The Morgan fingerprint density at radius 1 is 1.47 bits per heavy atom. The first-order chi connectivity index (χ1) is 7.96. The minimum Gasteiger partial charge on any atom is -0.396 e. The van der Waals surface area contributed by atoms with Gasteiger partial charge in [-0.2, -0.15) is 0 Å². The lowest BCUT2D eigenvalue weighted by Crippen LogP contribution is -2.42. The number of benzene rings is 1. The standard InChI is InChI=1S/C11H14FNO3S/c1-7-10(4-5-14)17(15,16)11-3-2-8(12)6-9(11)13-7/h2-3,6-7,10,13-14H,4-5H2,1H3. The van der Waals surface area contributed by atoms with Gasteiger partial charge in [0, 0.05) is 12.6 Å². The maximum atomic E-state index is 13.0. The van der Waals surface area contributed by atoms with E-state index in [0.29, 0.717) is 5.69 Å². The highest BCUT2D eigenvalue weighted by atomic mass is 32.2. The number of nitrogens with one attached hydrogen (secondary N) is 1. The molecular formula is C11H14FNO3S. The molecule has 4 nitrogen and oxygen atoms in total. The number of fused-ring (bicyclic) bond motifs is 1. The summed E-state index contributed by atoms with van der Waals surface area (Å²) in [5, 5.41) is 11.2. The van der Waals surface area contributed by atoms with Gasteiger partial charge in [0.1, 0.15) is 5.82 Å². The summed E-state index contributed by atoms with van der Waals surface area (Å²) in [5.41, 5.74) is 0.298. The number of hydrogen-bond donors (Lipinski definition) is 2. The fourth-order valence-corrected chi connectivity index (χ4v) is 4.20. The Balaban J connectivity index is 2.54. The SMILES string of the molecule is CC1Nc2cc(F)ccc2S(=O)(=O)C1CCO. The van der Waals surface area contributed by atoms with Crippen LogP contribution >= 0.6 is 0 Å². The predicted octanol–water partition coefficient (Wildman–Crippen LogP) is 1.16. The van der Waals surface area contributed by atoms with Crippen LogP contribution < -0.4 is 5.32 Å². The third-order valence-corrected chi connectivity index (χ3v) is 5.41. The lowest BCUT2D eigenvalue weighted by Gasteiger charge is -2.31. The van der Waals surface area contributed by atoms with Gasteiger partial charge in [-0.05, 0) is 31.5 Å². The molecule has 0 saturated carbocycles. The Kier molecular flexibility index (Phi) is 3.09. The van der Waals surface area contributed by atoms with E-state index in [1.54, 1.807) is 6.92 Å². The molecule has 2 atom stereocenters. The molecule has 0 aromatic heterocycles. The van der Waals surface area contributed by atoms with Gasteiger partial charge in [-0.25, -0.2) is 12.8 Å². The van der Waals surface area contributed by atoms with Crippen molar-refractivity contribution >= 4 is 15.5 Å². The number of anilines is 1. The molecule has 0 amide bonds. The van der Waals surface area contributed by atoms with Crippen molar-refractivity contribution in [3.8, 4) is 0 Å². The number of sulfone groups is 1. The van der Waals surface area contributed by atoms with Crippen LogP contribution in [0.2, 0.25) is 0 Å². The summed E-state index contributed by atoms with van der Waals surface area (Å²) in [6, 6.07) is 3.23. The molecule has 2 unspecified atom stereocenters. The molecule has 2 N–H and O–H groups in total. The lowest BCUT2D eigenvalue weighted by atomic mass is 10.1. The summed E-state index contributed by atoms with van der Waals surface area (Å²) < 4.78 is 37.5. The first-order valence-corrected chi connectivity index (χ1v) is 6.92. The number of rotatable bonds is 2. The third-order valence-electron chi connectivity index (χ3n) is 3.00. The molecule has 2 rings (SSSR count). The van der Waals surface area contributed by atoms with E-state index in [4.69, 9.17) is 5.11 Å². The molecule has 0 fully saturated rings. The second-order valence-electron chi connectivity index (χ2n) is 4.17. The molecule has 1 aliphatic heterocycles. The van der Waals surface area contributed by atoms with Gasteiger partial charge in [-0.3, -0.25) is 0 Å². The highest BCUT2D eigenvalue weighted by molar-refractivity contribution is 7.92. The molecule has 94 valence electrons. The molecule has 1 aliphatic rings. The molecule has 0 aliphatic carbocycles. The molecule has 0 spiro atoms. The smallest absolute Gasteiger partial charge is 0.185 e. The molecule has 0 radical (unpaired) electrons. The van der Waals surface area contributed by atoms with Gasteiger partial charge in [-0.15, -0.1) is 0 Å². The maximum Gasteiger partial charge on any atom is 0.185 e. The van der Waals surface area contributed by atoms with E-state index in [1.807, 2.05) is 0 Å². The van der Waals surface area contributed by atoms with E-state index in [0.717, 1.165) is 6.07 Å². The molecule has 1 aromatic rings. The summed E-state index contributed by atoms with van der Waals surface area (Å²) in [6.45, 7) is 1.53. The van der Waals surface area contributed by atoms with E-state index in [9.17, 15) is 12.8 Å². The Morgan fingerprint density at radius 3 is 2.82 bits per heavy atom. The average molecular weight is 259 g/mol. The summed E-state index contributed by atoms with van der Waals surface area (Å²) in [6.07, 6.45) is 0.174. The Labute approximate surface area is 99.4 Å². The normalized spacial score (nSPS) is 26.1. The number of aliphatic hydroxyl groups is 1. The Hall–Kier alpha value is -1.14. The topological polar surface area (TPSA) is 66.4 Å². The van der Waals surface area contributed by atoms with Crippen molar-refractivity contribution in [3.63, 3.8) is 0 Å². The monoisotopic (exact) mass is 259 g/mol. The van der Waals surface area contributed by atoms with Crippen LogP contribution in [0.4, 0.5) is 10.1 Å². The van der Waals surface area contributed by atoms with E-state index in [2.05, 4.69) is 5.32 Å². The van der Waals surface area contributed by atoms with Crippen molar-refractivity contribution in [2.24, 2.45) is 0 Å². The quantitative estimate of drug-likeness (QED) is 0.782. The molecule has 6 heteroatoms. The number of aliphatic hydroxyl groups excluding tert-OH is 1. The summed E-state index contributed by atoms with van der Waals surface area (Å²) in [7, 11) is -3.50. The van der Waals surface area contributed by atoms with Gasteiger partial charge in [0.2, 0.25) is 0 Å². The van der Waals surface area contributed by atoms with Crippen LogP contribution in [-0.2, 0) is 9.84 Å². The zero-order valence-corrected chi connectivity index (χ0v) is 10.2. The summed E-state index contributed by atoms with van der Waals surface area (Å²) >= 11 is 0. The molecule has 1 aromatic carbocycles. The van der Waals surface area contributed by atoms with Crippen LogP contribution in [0.25, 0.3) is 0 Å². The van der Waals surface area contributed by atoms with Crippen molar-refractivity contribution in [2.45, 2.75) is 29.5 Å². The highest BCUT2D eigenvalue weighted by Crippen LogP contribution is 2.34. The predicted molar refractivity (Wildman–Crippen MR) is 62.2 cm³/mol. The third kappa shape index (κ3) is 2.02. The van der Waals surface area contributed by atoms with Crippen molar-refractivity contribution in [1.82, 2.24) is 0 Å². The summed E-state index contributed by atoms with van der Waals surface area (Å²) in [5.74, 6) is -0.473. The minimum atomic E-state index is -3.50. The second-order valence-corrected chi connectivity index (χ2v) is 6.30. The van der Waals surface area contributed by atoms with Gasteiger partial charge in [0.15, 0.2) is 9.84 Å². The summed E-state index contributed by atoms with van der Waals surface area (Å²) in [4.78, 5) is 0.107. The minimum absolute atomic E-state index is 0.107. The second kappa shape index (κ2) is 4.27. The largest absolute Gasteiger partial charge is 0.396 e. The van der Waals surface area contributed by atoms with E-state index in [1.165, 1.54) is 12.1 Å². The van der Waals surface area contributed by atoms with E-state index in [-0.39, 0.29) is 24.0 Å². The van der Waals surface area contributed by atoms with Crippen LogP contribution in [0.15, 0.2) is 23.1 Å². The van der Waals surface area contributed by atoms with Crippen molar-refractivity contribution in [2.75, 3.05) is 11.9 Å². The fourth-order valence-electron chi connectivity index (χ4n) is 2.17. The number of halogens is 1. The first-order valence-electron chi connectivity index (χ1n) is 5.37. The van der Waals surface area contributed by atoms with Crippen LogP contribution in [0.5, 0.6) is 0 Å². The van der Waals surface area contributed by atoms with Gasteiger partial charge in [0.05, 0.1) is 15.8 Å². The molecule has 0 saturated heterocycles. The van der Waals surface area contributed by atoms with Crippen LogP contribution in [0.1, 0.15) is 13.3 Å². The number of hydrogen-bond acceptors (Lipinski definition) is 4. The molecule has 0 bridgehead atoms. The van der Waals surface area contributed by atoms with E-state index >= 15 is 0 Å². The fraction of sp³-hybridized carbons (Fsp3) is 0.455. The maximum absolute atomic E-state index is 13.0. The van der Waals surface area contributed by atoms with Crippen molar-refractivity contribution in [1.29, 1.82) is 0 Å². The van der Waals surface area contributed by atoms with Crippen LogP contribution in [-0.4, -0.2) is 31.4 Å².